The molecule has 1 aromatic carbocycles. The maximum Gasteiger partial charge on any atom is 0.408 e. The van der Waals surface area contributed by atoms with Crippen LogP contribution in [0.15, 0.2) is 24.3 Å². The Balaban J connectivity index is 2.35. The summed E-state index contributed by atoms with van der Waals surface area (Å²) in [5.74, 6) is -0.875. The second-order valence-electron chi connectivity index (χ2n) is 9.55. The number of ether oxygens (including phenoxy) is 1. The number of phenols is 1. The zero-order valence-electron chi connectivity index (χ0n) is 20.1. The van der Waals surface area contributed by atoms with Gasteiger partial charge >= 0.3 is 6.09 Å². The van der Waals surface area contributed by atoms with Crippen LogP contribution in [0.2, 0.25) is 0 Å². The Labute approximate surface area is 195 Å². The summed E-state index contributed by atoms with van der Waals surface area (Å²) in [6.07, 6.45) is 2.27. The molecule has 0 aromatic heterocycles. The summed E-state index contributed by atoms with van der Waals surface area (Å²) in [4.78, 5) is 40.6. The molecular weight excluding hydrogens is 426 g/mol. The lowest BCUT2D eigenvalue weighted by molar-refractivity contribution is -0.144. The number of hydrogen-bond donors (Lipinski definition) is 4. The van der Waals surface area contributed by atoms with Gasteiger partial charge in [0.15, 0.2) is 0 Å². The van der Waals surface area contributed by atoms with E-state index in [1.54, 1.807) is 32.9 Å². The van der Waals surface area contributed by atoms with Crippen LogP contribution in [0.4, 0.5) is 4.79 Å². The average molecular weight is 464 g/mol. The first-order valence-corrected chi connectivity index (χ1v) is 11.5. The van der Waals surface area contributed by atoms with E-state index in [-0.39, 0.29) is 23.7 Å². The molecule has 0 saturated heterocycles. The van der Waals surface area contributed by atoms with Crippen molar-refractivity contribution < 1.29 is 29.3 Å². The summed E-state index contributed by atoms with van der Waals surface area (Å²) in [6.45, 7) is 8.37. The van der Waals surface area contributed by atoms with E-state index in [4.69, 9.17) is 4.74 Å². The predicted molar refractivity (Wildman–Crippen MR) is 123 cm³/mol. The molecule has 9 heteroatoms. The third-order valence-electron chi connectivity index (χ3n) is 5.21. The topological polar surface area (TPSA) is 128 Å². The van der Waals surface area contributed by atoms with Crippen LogP contribution >= 0.6 is 0 Å². The molecular formula is C24H37N3O6. The molecule has 3 amide bonds. The number of nitrogens with zero attached hydrogens (tertiary/aromatic N) is 1. The number of rotatable bonds is 10. The first kappa shape index (κ1) is 26.4. The number of aliphatic hydroxyl groups excluding tert-OH is 1. The molecule has 0 heterocycles. The zero-order valence-corrected chi connectivity index (χ0v) is 20.1. The van der Waals surface area contributed by atoms with Gasteiger partial charge in [0.05, 0.1) is 6.61 Å². The molecule has 0 bridgehead atoms. The quantitative estimate of drug-likeness (QED) is 0.422. The molecule has 184 valence electrons. The van der Waals surface area contributed by atoms with Gasteiger partial charge in [-0.2, -0.15) is 0 Å². The highest BCUT2D eigenvalue weighted by Gasteiger charge is 2.44. The van der Waals surface area contributed by atoms with Gasteiger partial charge in [-0.05, 0) is 64.7 Å². The fourth-order valence-electron chi connectivity index (χ4n) is 3.61. The van der Waals surface area contributed by atoms with Crippen molar-refractivity contribution in [2.45, 2.75) is 90.1 Å². The van der Waals surface area contributed by atoms with Crippen molar-refractivity contribution in [1.82, 2.24) is 15.5 Å². The lowest BCUT2D eigenvalue weighted by Gasteiger charge is -2.34. The van der Waals surface area contributed by atoms with Gasteiger partial charge in [0.1, 0.15) is 23.4 Å². The van der Waals surface area contributed by atoms with Gasteiger partial charge in [0, 0.05) is 12.1 Å². The van der Waals surface area contributed by atoms with Gasteiger partial charge in [-0.1, -0.05) is 25.5 Å². The lowest BCUT2D eigenvalue weighted by Crippen LogP contribution is -2.55. The van der Waals surface area contributed by atoms with Crippen molar-refractivity contribution in [2.75, 3.05) is 6.61 Å². The molecule has 0 radical (unpaired) electrons. The molecule has 2 rings (SSSR count). The number of carbonyl (C=O) groups excluding carboxylic acids is 3. The molecule has 0 aliphatic heterocycles. The predicted octanol–water partition coefficient (Wildman–Crippen LogP) is 2.61. The fraction of sp³-hybridized carbons (Fsp3) is 0.625. The van der Waals surface area contributed by atoms with Crippen LogP contribution in [-0.4, -0.2) is 63.4 Å². The summed E-state index contributed by atoms with van der Waals surface area (Å²) in [7, 11) is 0. The summed E-state index contributed by atoms with van der Waals surface area (Å²) >= 11 is 0. The first-order valence-electron chi connectivity index (χ1n) is 11.5. The van der Waals surface area contributed by atoms with Crippen LogP contribution in [0, 0.1) is 0 Å². The Morgan fingerprint density at radius 1 is 1.15 bits per heavy atom. The van der Waals surface area contributed by atoms with E-state index in [0.29, 0.717) is 18.4 Å². The number of nitrogens with one attached hydrogen (secondary N) is 2. The van der Waals surface area contributed by atoms with E-state index in [9.17, 15) is 24.6 Å². The largest absolute Gasteiger partial charge is 0.508 e. The van der Waals surface area contributed by atoms with E-state index < -0.39 is 36.3 Å². The number of aromatic hydroxyl groups is 1. The first-order chi connectivity index (χ1) is 15.5. The molecule has 1 aromatic rings. The Hall–Kier alpha value is -2.81. The molecule has 3 atom stereocenters. The number of hydrogen-bond acceptors (Lipinski definition) is 6. The van der Waals surface area contributed by atoms with Gasteiger partial charge in [-0.3, -0.25) is 9.59 Å². The van der Waals surface area contributed by atoms with Gasteiger partial charge in [0.2, 0.25) is 11.8 Å². The Morgan fingerprint density at radius 2 is 1.76 bits per heavy atom. The van der Waals surface area contributed by atoms with E-state index in [1.165, 1.54) is 17.0 Å². The van der Waals surface area contributed by atoms with Crippen LogP contribution < -0.4 is 10.6 Å². The molecule has 1 aliphatic rings. The number of phenolic OH excluding ortho intramolecular Hbond substituents is 1. The van der Waals surface area contributed by atoms with Gasteiger partial charge < -0.3 is 30.5 Å². The second-order valence-corrected chi connectivity index (χ2v) is 9.55. The molecule has 1 aliphatic carbocycles. The Kier molecular flexibility index (Phi) is 9.10. The van der Waals surface area contributed by atoms with Crippen LogP contribution in [0.25, 0.3) is 0 Å². The maximum atomic E-state index is 13.5. The fourth-order valence-corrected chi connectivity index (χ4v) is 3.61. The van der Waals surface area contributed by atoms with Crippen LogP contribution in [0.5, 0.6) is 5.75 Å². The van der Waals surface area contributed by atoms with Crippen molar-refractivity contribution in [3.8, 4) is 5.75 Å². The van der Waals surface area contributed by atoms with Crippen LogP contribution in [-0.2, 0) is 14.3 Å². The minimum atomic E-state index is -1.26. The summed E-state index contributed by atoms with van der Waals surface area (Å²) in [6, 6.07) is 3.60. The van der Waals surface area contributed by atoms with Crippen LogP contribution in [0.1, 0.15) is 71.9 Å². The van der Waals surface area contributed by atoms with Crippen molar-refractivity contribution in [2.24, 2.45) is 0 Å². The molecule has 9 nitrogen and oxygen atoms in total. The highest BCUT2D eigenvalue weighted by molar-refractivity contribution is 5.92. The Morgan fingerprint density at radius 3 is 2.24 bits per heavy atom. The molecule has 33 heavy (non-hydrogen) atoms. The molecule has 1 fully saturated rings. The van der Waals surface area contributed by atoms with Crippen molar-refractivity contribution in [1.29, 1.82) is 0 Å². The number of carbonyl (C=O) groups is 3. The van der Waals surface area contributed by atoms with Crippen molar-refractivity contribution >= 4 is 17.9 Å². The molecule has 4 N–H and O–H groups in total. The smallest absolute Gasteiger partial charge is 0.408 e. The molecule has 1 saturated carbocycles. The number of alkyl carbamates (subject to hydrolysis) is 1. The van der Waals surface area contributed by atoms with E-state index in [2.05, 4.69) is 10.6 Å². The lowest BCUT2D eigenvalue weighted by atomic mass is 10.0. The summed E-state index contributed by atoms with van der Waals surface area (Å²) in [5.41, 5.74) is -0.240. The maximum absolute atomic E-state index is 13.5. The highest BCUT2D eigenvalue weighted by atomic mass is 16.6. The standard InChI is InChI=1S/C24H37N3O6/c1-6-7-15(2)25-21(30)20(16-8-12-18(29)13-9-16)27(17-10-11-17)22(31)19(14-28)26-23(32)33-24(3,4)5/h8-9,12-13,15,17,19-20,28-29H,6-7,10-11,14H2,1-5H3,(H,25,30)(H,26,32). The minimum Gasteiger partial charge on any atom is -0.508 e. The monoisotopic (exact) mass is 463 g/mol. The molecule has 0 spiro atoms. The highest BCUT2D eigenvalue weighted by Crippen LogP contribution is 2.36. The third-order valence-corrected chi connectivity index (χ3v) is 5.21. The summed E-state index contributed by atoms with van der Waals surface area (Å²) < 4.78 is 5.22. The van der Waals surface area contributed by atoms with Gasteiger partial charge in [-0.15, -0.1) is 0 Å². The SMILES string of the molecule is CCCC(C)NC(=O)C(c1ccc(O)cc1)N(C(=O)C(CO)NC(=O)OC(C)(C)C)C1CC1. The molecule has 3 unspecified atom stereocenters. The summed E-state index contributed by atoms with van der Waals surface area (Å²) in [5, 5.41) is 25.0. The normalized spacial score (nSPS) is 16.3. The average Bonchev–Trinajstić information content (AvgIpc) is 3.54. The van der Waals surface area contributed by atoms with E-state index >= 15 is 0 Å². The van der Waals surface area contributed by atoms with E-state index in [0.717, 1.165) is 12.8 Å². The van der Waals surface area contributed by atoms with Crippen molar-refractivity contribution in [3.63, 3.8) is 0 Å². The van der Waals surface area contributed by atoms with Gasteiger partial charge in [-0.25, -0.2) is 4.79 Å². The number of amides is 3. The number of aliphatic hydroxyl groups is 1. The zero-order chi connectivity index (χ0) is 24.8. The van der Waals surface area contributed by atoms with Gasteiger partial charge in [0.25, 0.3) is 0 Å². The third kappa shape index (κ3) is 7.92. The minimum absolute atomic E-state index is 0.0429. The van der Waals surface area contributed by atoms with E-state index in [1.807, 2.05) is 13.8 Å². The van der Waals surface area contributed by atoms with Crippen molar-refractivity contribution in [3.05, 3.63) is 29.8 Å². The number of benzene rings is 1. The van der Waals surface area contributed by atoms with Crippen LogP contribution in [0.3, 0.4) is 0 Å². The second kappa shape index (κ2) is 11.4. The Bertz CT molecular complexity index is 816.